The van der Waals surface area contributed by atoms with Crippen molar-refractivity contribution in [3.63, 3.8) is 0 Å². The zero-order chi connectivity index (χ0) is 22.4. The molecule has 164 valence electrons. The fraction of sp³-hybridized carbons (Fsp3) is 0.318. The molecule has 1 fully saturated rings. The van der Waals surface area contributed by atoms with Gasteiger partial charge in [-0.2, -0.15) is 4.98 Å². The number of hydrogen-bond donors (Lipinski definition) is 0. The van der Waals surface area contributed by atoms with E-state index in [1.165, 1.54) is 6.07 Å². The van der Waals surface area contributed by atoms with E-state index in [0.717, 1.165) is 11.4 Å². The zero-order valence-electron chi connectivity index (χ0n) is 17.8. The molecule has 0 aliphatic carbocycles. The second-order valence-electron chi connectivity index (χ2n) is 7.66. The number of oxazole rings is 1. The molecule has 10 heteroatoms. The molecule has 32 heavy (non-hydrogen) atoms. The van der Waals surface area contributed by atoms with Gasteiger partial charge in [0.05, 0.1) is 24.5 Å². The summed E-state index contributed by atoms with van der Waals surface area (Å²) in [6.45, 7) is 7.00. The van der Waals surface area contributed by atoms with E-state index in [0.29, 0.717) is 59.1 Å². The molecule has 0 N–H and O–H groups in total. The van der Waals surface area contributed by atoms with Gasteiger partial charge < -0.3 is 14.1 Å². The van der Waals surface area contributed by atoms with Gasteiger partial charge in [0.1, 0.15) is 35.1 Å². The minimum Gasteiger partial charge on any atom is -0.449 e. The van der Waals surface area contributed by atoms with Crippen LogP contribution >= 0.6 is 11.6 Å². The largest absolute Gasteiger partial charge is 0.449 e. The topological polar surface area (TPSA) is 90.1 Å². The number of morpholine rings is 1. The van der Waals surface area contributed by atoms with Crippen LogP contribution in [0.15, 0.2) is 28.9 Å². The summed E-state index contributed by atoms with van der Waals surface area (Å²) < 4.78 is 26.1. The summed E-state index contributed by atoms with van der Waals surface area (Å²) in [5, 5.41) is 0.307. The summed E-state index contributed by atoms with van der Waals surface area (Å²) in [7, 11) is 0. The second-order valence-corrected chi connectivity index (χ2v) is 8.10. The first-order chi connectivity index (χ1) is 15.4. The van der Waals surface area contributed by atoms with Crippen LogP contribution in [0.5, 0.6) is 0 Å². The van der Waals surface area contributed by atoms with E-state index >= 15 is 0 Å². The molecule has 0 radical (unpaired) electrons. The van der Waals surface area contributed by atoms with Crippen LogP contribution in [-0.4, -0.2) is 44.6 Å². The Labute approximate surface area is 188 Å². The molecule has 4 heterocycles. The van der Waals surface area contributed by atoms with Crippen LogP contribution in [0.2, 0.25) is 5.02 Å². The van der Waals surface area contributed by atoms with Crippen LogP contribution in [0.25, 0.3) is 22.4 Å². The molecule has 0 saturated carbocycles. The molecule has 3 aromatic heterocycles. The summed E-state index contributed by atoms with van der Waals surface area (Å²) in [6.07, 6.45) is 1.30. The molecule has 0 bridgehead atoms. The monoisotopic (exact) mass is 454 g/mol. The normalized spacial score (nSPS) is 16.7. The Bertz CT molecular complexity index is 1330. The lowest BCUT2D eigenvalue weighted by Gasteiger charge is -2.32. The maximum Gasteiger partial charge on any atom is 0.228 e. The Hall–Kier alpha value is -3.17. The molecule has 1 saturated heterocycles. The number of benzene rings is 1. The molecule has 0 unspecified atom stereocenters. The van der Waals surface area contributed by atoms with Crippen molar-refractivity contribution >= 4 is 28.7 Å². The minimum absolute atomic E-state index is 0.289. The van der Waals surface area contributed by atoms with E-state index in [2.05, 4.69) is 19.9 Å². The van der Waals surface area contributed by atoms with E-state index in [1.54, 1.807) is 25.3 Å². The fourth-order valence-electron chi connectivity index (χ4n) is 3.65. The number of rotatable bonds is 3. The first-order valence-corrected chi connectivity index (χ1v) is 10.5. The summed E-state index contributed by atoms with van der Waals surface area (Å²) in [4.78, 5) is 24.9. The highest BCUT2D eigenvalue weighted by Crippen LogP contribution is 2.32. The van der Waals surface area contributed by atoms with E-state index in [4.69, 9.17) is 25.7 Å². The van der Waals surface area contributed by atoms with Crippen LogP contribution in [0.4, 0.5) is 10.3 Å². The Morgan fingerprint density at radius 1 is 1.06 bits per heavy atom. The van der Waals surface area contributed by atoms with Crippen molar-refractivity contribution in [2.45, 2.75) is 26.9 Å². The molecule has 1 atom stereocenters. The van der Waals surface area contributed by atoms with Gasteiger partial charge in [-0.1, -0.05) is 11.6 Å². The van der Waals surface area contributed by atoms with Crippen molar-refractivity contribution in [2.75, 3.05) is 24.6 Å². The Morgan fingerprint density at radius 2 is 1.88 bits per heavy atom. The van der Waals surface area contributed by atoms with Crippen molar-refractivity contribution < 1.29 is 13.5 Å². The van der Waals surface area contributed by atoms with Crippen LogP contribution in [0, 0.1) is 26.6 Å². The highest BCUT2D eigenvalue weighted by atomic mass is 35.5. The molecular weight excluding hydrogens is 435 g/mol. The number of anilines is 1. The minimum atomic E-state index is -0.485. The van der Waals surface area contributed by atoms with Gasteiger partial charge >= 0.3 is 0 Å². The number of halogens is 2. The van der Waals surface area contributed by atoms with Crippen LogP contribution in [0.1, 0.15) is 29.1 Å². The van der Waals surface area contributed by atoms with E-state index < -0.39 is 5.82 Å². The smallest absolute Gasteiger partial charge is 0.228 e. The Morgan fingerprint density at radius 3 is 2.62 bits per heavy atom. The first-order valence-electron chi connectivity index (χ1n) is 10.2. The number of fused-ring (bicyclic) bond motifs is 1. The van der Waals surface area contributed by atoms with Gasteiger partial charge in [0.15, 0.2) is 11.5 Å². The molecule has 8 nitrogen and oxygen atoms in total. The quantitative estimate of drug-likeness (QED) is 0.450. The van der Waals surface area contributed by atoms with Crippen molar-refractivity contribution in [2.24, 2.45) is 0 Å². The van der Waals surface area contributed by atoms with Crippen molar-refractivity contribution in [1.82, 2.24) is 24.9 Å². The third kappa shape index (κ3) is 3.78. The fourth-order valence-corrected chi connectivity index (χ4v) is 3.81. The summed E-state index contributed by atoms with van der Waals surface area (Å²) in [5.41, 5.74) is 3.70. The third-order valence-corrected chi connectivity index (χ3v) is 5.67. The van der Waals surface area contributed by atoms with Gasteiger partial charge in [0.25, 0.3) is 0 Å². The van der Waals surface area contributed by atoms with E-state index in [9.17, 15) is 4.39 Å². The highest BCUT2D eigenvalue weighted by Gasteiger charge is 2.27. The van der Waals surface area contributed by atoms with Crippen LogP contribution < -0.4 is 4.90 Å². The van der Waals surface area contributed by atoms with Gasteiger partial charge in [-0.25, -0.2) is 24.3 Å². The highest BCUT2D eigenvalue weighted by molar-refractivity contribution is 6.30. The standard InChI is InChI=1S/C22H20ClFN6O2/c1-11-12(2)26-21-20(25-11)19(15-5-4-14(23)8-16(15)24)28-22(29-21)30-6-7-31-18(9-30)17-10-32-13(3)27-17/h4-5,8,10,18H,6-7,9H2,1-3H3/t18-/m1/s1. The lowest BCUT2D eigenvalue weighted by molar-refractivity contribution is 0.0364. The van der Waals surface area contributed by atoms with Crippen LogP contribution in [-0.2, 0) is 4.74 Å². The van der Waals surface area contributed by atoms with Crippen molar-refractivity contribution in [1.29, 1.82) is 0 Å². The number of nitrogens with zero attached hydrogens (tertiary/aromatic N) is 6. The van der Waals surface area contributed by atoms with Gasteiger partial charge in [-0.15, -0.1) is 0 Å². The first kappa shape index (κ1) is 20.7. The lowest BCUT2D eigenvalue weighted by atomic mass is 10.1. The van der Waals surface area contributed by atoms with Gasteiger partial charge in [0, 0.05) is 24.1 Å². The average Bonchev–Trinajstić information content (AvgIpc) is 3.21. The van der Waals surface area contributed by atoms with Gasteiger partial charge in [-0.3, -0.25) is 0 Å². The predicted octanol–water partition coefficient (Wildman–Crippen LogP) is 4.37. The molecule has 1 aliphatic rings. The Kier molecular flexibility index (Phi) is 5.22. The van der Waals surface area contributed by atoms with E-state index in [1.807, 2.05) is 18.7 Å². The second kappa shape index (κ2) is 8.07. The average molecular weight is 455 g/mol. The van der Waals surface area contributed by atoms with Crippen LogP contribution in [0.3, 0.4) is 0 Å². The summed E-state index contributed by atoms with van der Waals surface area (Å²) in [5.74, 6) is 0.513. The maximum atomic E-state index is 14.9. The number of hydrogen-bond acceptors (Lipinski definition) is 8. The van der Waals surface area contributed by atoms with Crippen molar-refractivity contribution in [3.8, 4) is 11.3 Å². The van der Waals surface area contributed by atoms with Crippen molar-refractivity contribution in [3.05, 3.63) is 58.3 Å². The zero-order valence-corrected chi connectivity index (χ0v) is 18.5. The van der Waals surface area contributed by atoms with Gasteiger partial charge in [0.2, 0.25) is 5.95 Å². The molecule has 1 aromatic carbocycles. The molecule has 4 aromatic rings. The SMILES string of the molecule is Cc1nc([C@H]2CN(c3nc(-c4ccc(Cl)cc4F)c4nc(C)c(C)nc4n3)CCO2)co1. The Balaban J connectivity index is 1.62. The molecule has 5 rings (SSSR count). The molecule has 1 aliphatic heterocycles. The molecule has 0 spiro atoms. The number of aromatic nitrogens is 5. The predicted molar refractivity (Wildman–Crippen MR) is 117 cm³/mol. The van der Waals surface area contributed by atoms with E-state index in [-0.39, 0.29) is 11.7 Å². The molecular formula is C22H20ClFN6O2. The maximum absolute atomic E-state index is 14.9. The molecule has 0 amide bonds. The number of ether oxygens (including phenoxy) is 1. The number of aryl methyl sites for hydroxylation is 3. The summed E-state index contributed by atoms with van der Waals surface area (Å²) >= 11 is 5.96. The summed E-state index contributed by atoms with van der Waals surface area (Å²) in [6, 6.07) is 4.48. The lowest BCUT2D eigenvalue weighted by Crippen LogP contribution is -2.39. The van der Waals surface area contributed by atoms with Gasteiger partial charge in [-0.05, 0) is 32.0 Å². The third-order valence-electron chi connectivity index (χ3n) is 5.43.